The molecule has 2 N–H and O–H groups in total. The molecule has 0 spiro atoms. The Balaban J connectivity index is 2.06. The molecule has 0 fully saturated rings. The van der Waals surface area contributed by atoms with E-state index in [-0.39, 0.29) is 0 Å². The number of nitrogens with two attached hydrogens (primary N) is 1. The lowest BCUT2D eigenvalue weighted by atomic mass is 10.2. The molecule has 0 saturated carbocycles. The quantitative estimate of drug-likeness (QED) is 0.773. The fourth-order valence-electron chi connectivity index (χ4n) is 1.78. The third-order valence-electron chi connectivity index (χ3n) is 2.64. The lowest BCUT2D eigenvalue weighted by Crippen LogP contribution is -1.93. The molecular formula is C14H10ClN3O. The Bertz CT molecular complexity index is 740. The summed E-state index contributed by atoms with van der Waals surface area (Å²) in [7, 11) is 0. The van der Waals surface area contributed by atoms with Crippen LogP contribution in [-0.4, -0.2) is 9.97 Å². The summed E-state index contributed by atoms with van der Waals surface area (Å²) in [4.78, 5) is 8.35. The summed E-state index contributed by atoms with van der Waals surface area (Å²) < 4.78 is 5.74. The standard InChI is InChI=1S/C14H10ClN3O/c15-11-7-9(16)8-18-14(11)19-13-5-1-4-12-10(13)3-2-6-17-12/h1-8H,16H2. The van der Waals surface area contributed by atoms with Crippen molar-refractivity contribution in [1.29, 1.82) is 0 Å². The van der Waals surface area contributed by atoms with Gasteiger partial charge in [-0.2, -0.15) is 0 Å². The van der Waals surface area contributed by atoms with Gasteiger partial charge < -0.3 is 10.5 Å². The second kappa shape index (κ2) is 4.74. The van der Waals surface area contributed by atoms with Crippen molar-refractivity contribution in [1.82, 2.24) is 9.97 Å². The molecule has 0 aliphatic rings. The van der Waals surface area contributed by atoms with Gasteiger partial charge in [0.25, 0.3) is 0 Å². The summed E-state index contributed by atoms with van der Waals surface area (Å²) in [6, 6.07) is 11.0. The van der Waals surface area contributed by atoms with E-state index in [4.69, 9.17) is 22.1 Å². The number of anilines is 1. The number of hydrogen-bond donors (Lipinski definition) is 1. The minimum atomic E-state index is 0.326. The van der Waals surface area contributed by atoms with Gasteiger partial charge in [0, 0.05) is 11.6 Å². The zero-order chi connectivity index (χ0) is 13.2. The Morgan fingerprint density at radius 1 is 1.11 bits per heavy atom. The van der Waals surface area contributed by atoms with Crippen LogP contribution in [0, 0.1) is 0 Å². The van der Waals surface area contributed by atoms with Gasteiger partial charge in [-0.05, 0) is 30.3 Å². The van der Waals surface area contributed by atoms with Crippen molar-refractivity contribution in [2.24, 2.45) is 0 Å². The maximum Gasteiger partial charge on any atom is 0.238 e. The van der Waals surface area contributed by atoms with E-state index < -0.39 is 0 Å². The fourth-order valence-corrected chi connectivity index (χ4v) is 2.00. The molecule has 0 bridgehead atoms. The average molecular weight is 272 g/mol. The van der Waals surface area contributed by atoms with Gasteiger partial charge >= 0.3 is 0 Å². The van der Waals surface area contributed by atoms with Crippen LogP contribution in [0.3, 0.4) is 0 Å². The number of aromatic nitrogens is 2. The molecule has 5 heteroatoms. The normalized spacial score (nSPS) is 10.6. The Hall–Kier alpha value is -2.33. The number of fused-ring (bicyclic) bond motifs is 1. The van der Waals surface area contributed by atoms with E-state index in [1.165, 1.54) is 6.20 Å². The molecule has 4 nitrogen and oxygen atoms in total. The number of rotatable bonds is 2. The Kier molecular flexibility index (Phi) is 2.93. The predicted molar refractivity (Wildman–Crippen MR) is 75.5 cm³/mol. The molecule has 2 heterocycles. The number of pyridine rings is 2. The van der Waals surface area contributed by atoms with E-state index in [2.05, 4.69) is 9.97 Å². The second-order valence-electron chi connectivity index (χ2n) is 3.98. The van der Waals surface area contributed by atoms with Crippen molar-refractivity contribution in [2.45, 2.75) is 0 Å². The largest absolute Gasteiger partial charge is 0.437 e. The third kappa shape index (κ3) is 2.30. The minimum Gasteiger partial charge on any atom is -0.437 e. The molecule has 19 heavy (non-hydrogen) atoms. The molecule has 0 unspecified atom stereocenters. The van der Waals surface area contributed by atoms with Gasteiger partial charge in [-0.1, -0.05) is 17.7 Å². The van der Waals surface area contributed by atoms with E-state index in [1.807, 2.05) is 30.3 Å². The molecule has 94 valence electrons. The first-order valence-corrected chi connectivity index (χ1v) is 6.04. The molecule has 1 aromatic carbocycles. The molecule has 3 aromatic rings. The van der Waals surface area contributed by atoms with Crippen molar-refractivity contribution in [3.63, 3.8) is 0 Å². The first-order chi connectivity index (χ1) is 9.24. The van der Waals surface area contributed by atoms with Crippen LogP contribution in [0.15, 0.2) is 48.8 Å². The number of nitrogens with zero attached hydrogens (tertiary/aromatic N) is 2. The Labute approximate surface area is 114 Å². The third-order valence-corrected chi connectivity index (χ3v) is 2.91. The van der Waals surface area contributed by atoms with E-state index in [0.717, 1.165) is 10.9 Å². The second-order valence-corrected chi connectivity index (χ2v) is 4.39. The van der Waals surface area contributed by atoms with Crippen LogP contribution in [0.25, 0.3) is 10.9 Å². The lowest BCUT2D eigenvalue weighted by molar-refractivity contribution is 0.468. The summed E-state index contributed by atoms with van der Waals surface area (Å²) in [5, 5.41) is 1.28. The zero-order valence-corrected chi connectivity index (χ0v) is 10.6. The number of benzene rings is 1. The van der Waals surface area contributed by atoms with E-state index in [1.54, 1.807) is 12.3 Å². The van der Waals surface area contributed by atoms with Crippen LogP contribution in [0.1, 0.15) is 0 Å². The molecule has 3 rings (SSSR count). The highest BCUT2D eigenvalue weighted by Crippen LogP contribution is 2.32. The first kappa shape index (κ1) is 11.7. The molecule has 0 radical (unpaired) electrons. The summed E-state index contributed by atoms with van der Waals surface area (Å²) in [6.45, 7) is 0. The van der Waals surface area contributed by atoms with E-state index >= 15 is 0 Å². The minimum absolute atomic E-state index is 0.326. The van der Waals surface area contributed by atoms with Crippen molar-refractivity contribution in [3.05, 3.63) is 53.8 Å². The molecule has 0 saturated heterocycles. The summed E-state index contributed by atoms with van der Waals surface area (Å²) in [6.07, 6.45) is 3.24. The maximum atomic E-state index is 6.05. The monoisotopic (exact) mass is 271 g/mol. The molecular weight excluding hydrogens is 262 g/mol. The maximum absolute atomic E-state index is 6.05. The lowest BCUT2D eigenvalue weighted by Gasteiger charge is -2.09. The van der Waals surface area contributed by atoms with Crippen molar-refractivity contribution < 1.29 is 4.74 Å². The van der Waals surface area contributed by atoms with Crippen LogP contribution in [0.2, 0.25) is 5.02 Å². The average Bonchev–Trinajstić information content (AvgIpc) is 2.42. The van der Waals surface area contributed by atoms with Gasteiger partial charge in [-0.15, -0.1) is 0 Å². The summed E-state index contributed by atoms with van der Waals surface area (Å²) in [5.74, 6) is 0.983. The van der Waals surface area contributed by atoms with E-state index in [9.17, 15) is 0 Å². The SMILES string of the molecule is Nc1cnc(Oc2cccc3ncccc23)c(Cl)c1. The van der Waals surface area contributed by atoms with Crippen molar-refractivity contribution >= 4 is 28.2 Å². The van der Waals surface area contributed by atoms with Crippen LogP contribution in [0.4, 0.5) is 5.69 Å². The fraction of sp³-hybridized carbons (Fsp3) is 0. The van der Waals surface area contributed by atoms with E-state index in [0.29, 0.717) is 22.3 Å². The van der Waals surface area contributed by atoms with Gasteiger partial charge in [0.15, 0.2) is 0 Å². The van der Waals surface area contributed by atoms with Crippen LogP contribution >= 0.6 is 11.6 Å². The molecule has 2 aromatic heterocycles. The molecule has 0 amide bonds. The number of nitrogen functional groups attached to an aromatic ring is 1. The number of halogens is 1. The van der Waals surface area contributed by atoms with Crippen molar-refractivity contribution in [2.75, 3.05) is 5.73 Å². The highest BCUT2D eigenvalue weighted by atomic mass is 35.5. The van der Waals surface area contributed by atoms with Crippen LogP contribution in [-0.2, 0) is 0 Å². The van der Waals surface area contributed by atoms with Crippen LogP contribution < -0.4 is 10.5 Å². The summed E-state index contributed by atoms with van der Waals surface area (Å²) >= 11 is 6.05. The zero-order valence-electron chi connectivity index (χ0n) is 9.88. The molecule has 0 atom stereocenters. The van der Waals surface area contributed by atoms with Gasteiger partial charge in [0.2, 0.25) is 5.88 Å². The van der Waals surface area contributed by atoms with Gasteiger partial charge in [0.05, 0.1) is 17.4 Å². The van der Waals surface area contributed by atoms with Gasteiger partial charge in [-0.25, -0.2) is 4.98 Å². The summed E-state index contributed by atoms with van der Waals surface area (Å²) in [5.41, 5.74) is 6.95. The number of hydrogen-bond acceptors (Lipinski definition) is 4. The Morgan fingerprint density at radius 3 is 2.84 bits per heavy atom. The highest BCUT2D eigenvalue weighted by molar-refractivity contribution is 6.32. The topological polar surface area (TPSA) is 61.0 Å². The van der Waals surface area contributed by atoms with Crippen molar-refractivity contribution in [3.8, 4) is 11.6 Å². The molecule has 0 aliphatic heterocycles. The highest BCUT2D eigenvalue weighted by Gasteiger charge is 2.08. The van der Waals surface area contributed by atoms with Crippen LogP contribution in [0.5, 0.6) is 11.6 Å². The predicted octanol–water partition coefficient (Wildman–Crippen LogP) is 3.66. The number of ether oxygens (including phenoxy) is 1. The Morgan fingerprint density at radius 2 is 2.00 bits per heavy atom. The smallest absolute Gasteiger partial charge is 0.238 e. The van der Waals surface area contributed by atoms with Gasteiger partial charge in [0.1, 0.15) is 10.8 Å². The van der Waals surface area contributed by atoms with Gasteiger partial charge in [-0.3, -0.25) is 4.98 Å². The first-order valence-electron chi connectivity index (χ1n) is 5.66. The molecule has 0 aliphatic carbocycles.